The molecule has 2 aromatic rings. The van der Waals surface area contributed by atoms with Gasteiger partial charge in [-0.05, 0) is 30.5 Å². The lowest BCUT2D eigenvalue weighted by Crippen LogP contribution is -2.36. The van der Waals surface area contributed by atoms with Gasteiger partial charge in [-0.2, -0.15) is 5.10 Å². The van der Waals surface area contributed by atoms with E-state index in [1.807, 2.05) is 24.3 Å². The maximum Gasteiger partial charge on any atom is 0.230 e. The van der Waals surface area contributed by atoms with E-state index in [1.165, 1.54) is 6.33 Å². The Labute approximate surface area is 116 Å². The minimum Gasteiger partial charge on any atom is -0.399 e. The first kappa shape index (κ1) is 12.7. The number of carbonyl (C=O) groups is 1. The smallest absolute Gasteiger partial charge is 0.230 e. The van der Waals surface area contributed by atoms with E-state index in [0.29, 0.717) is 13.0 Å². The molecule has 6 heteroatoms. The normalized spacial score (nSPS) is 15.8. The van der Waals surface area contributed by atoms with Crippen molar-refractivity contribution in [2.24, 2.45) is 0 Å². The lowest BCUT2D eigenvalue weighted by Gasteiger charge is -2.15. The molecule has 1 heterocycles. The SMILES string of the molecule is Nc1ccc(C2(C(=O)NCCc3ncn[nH]3)CC2)cc1. The molecule has 1 aliphatic rings. The number of hydrogen-bond donors (Lipinski definition) is 3. The number of rotatable bonds is 5. The van der Waals surface area contributed by atoms with Gasteiger partial charge in [-0.1, -0.05) is 12.1 Å². The highest BCUT2D eigenvalue weighted by Crippen LogP contribution is 2.48. The molecule has 0 saturated heterocycles. The molecule has 0 bridgehead atoms. The van der Waals surface area contributed by atoms with Gasteiger partial charge in [0, 0.05) is 18.7 Å². The molecular formula is C14H17N5O. The number of H-pyrrole nitrogens is 1. The van der Waals surface area contributed by atoms with Gasteiger partial charge in [0.15, 0.2) is 0 Å². The number of nitrogens with zero attached hydrogens (tertiary/aromatic N) is 2. The number of nitrogens with two attached hydrogens (primary N) is 1. The number of aromatic amines is 1. The second-order valence-corrected chi connectivity index (χ2v) is 5.14. The number of nitrogens with one attached hydrogen (secondary N) is 2. The van der Waals surface area contributed by atoms with E-state index in [9.17, 15) is 4.79 Å². The molecule has 0 unspecified atom stereocenters. The first-order valence-electron chi connectivity index (χ1n) is 6.69. The quantitative estimate of drug-likeness (QED) is 0.700. The second-order valence-electron chi connectivity index (χ2n) is 5.14. The van der Waals surface area contributed by atoms with Crippen molar-refractivity contribution in [1.29, 1.82) is 0 Å². The molecule has 1 aromatic heterocycles. The monoisotopic (exact) mass is 271 g/mol. The predicted molar refractivity (Wildman–Crippen MR) is 74.9 cm³/mol. The number of anilines is 1. The minimum absolute atomic E-state index is 0.0850. The van der Waals surface area contributed by atoms with E-state index < -0.39 is 0 Å². The van der Waals surface area contributed by atoms with Gasteiger partial charge in [0.2, 0.25) is 5.91 Å². The molecular weight excluding hydrogens is 254 g/mol. The number of aromatic nitrogens is 3. The van der Waals surface area contributed by atoms with E-state index in [1.54, 1.807) is 0 Å². The number of nitrogen functional groups attached to an aromatic ring is 1. The highest BCUT2D eigenvalue weighted by molar-refractivity contribution is 5.91. The molecule has 0 spiro atoms. The van der Waals surface area contributed by atoms with Crippen molar-refractivity contribution in [2.45, 2.75) is 24.7 Å². The van der Waals surface area contributed by atoms with Gasteiger partial charge in [0.1, 0.15) is 12.2 Å². The molecule has 6 nitrogen and oxygen atoms in total. The third kappa shape index (κ3) is 2.36. The Balaban J connectivity index is 1.60. The lowest BCUT2D eigenvalue weighted by molar-refractivity contribution is -0.123. The maximum absolute atomic E-state index is 12.4. The van der Waals surface area contributed by atoms with Gasteiger partial charge in [-0.3, -0.25) is 9.89 Å². The second kappa shape index (κ2) is 4.96. The molecule has 0 atom stereocenters. The average Bonchev–Trinajstić information content (AvgIpc) is 3.10. The third-order valence-electron chi connectivity index (χ3n) is 3.76. The van der Waals surface area contributed by atoms with Crippen LogP contribution in [0.5, 0.6) is 0 Å². The van der Waals surface area contributed by atoms with Crippen molar-refractivity contribution >= 4 is 11.6 Å². The Morgan fingerprint density at radius 1 is 1.35 bits per heavy atom. The standard InChI is InChI=1S/C14H17N5O/c15-11-3-1-10(2-4-11)14(6-7-14)13(20)16-8-5-12-17-9-18-19-12/h1-4,9H,5-8,15H2,(H,16,20)(H,17,18,19). The molecule has 4 N–H and O–H groups in total. The Kier molecular flexibility index (Phi) is 3.14. The summed E-state index contributed by atoms with van der Waals surface area (Å²) >= 11 is 0. The van der Waals surface area contributed by atoms with Crippen molar-refractivity contribution in [1.82, 2.24) is 20.5 Å². The van der Waals surface area contributed by atoms with Gasteiger partial charge in [-0.25, -0.2) is 4.98 Å². The number of amides is 1. The van der Waals surface area contributed by atoms with E-state index >= 15 is 0 Å². The zero-order valence-corrected chi connectivity index (χ0v) is 11.1. The number of carbonyl (C=O) groups excluding carboxylic acids is 1. The summed E-state index contributed by atoms with van der Waals surface area (Å²) in [6.07, 6.45) is 3.91. The van der Waals surface area contributed by atoms with Gasteiger partial charge < -0.3 is 11.1 Å². The largest absolute Gasteiger partial charge is 0.399 e. The van der Waals surface area contributed by atoms with E-state index in [4.69, 9.17) is 5.73 Å². The van der Waals surface area contributed by atoms with E-state index in [-0.39, 0.29) is 11.3 Å². The Morgan fingerprint density at radius 3 is 2.70 bits per heavy atom. The van der Waals surface area contributed by atoms with Gasteiger partial charge in [0.25, 0.3) is 0 Å². The van der Waals surface area contributed by atoms with Crippen LogP contribution in [0.25, 0.3) is 0 Å². The summed E-state index contributed by atoms with van der Waals surface area (Å²) in [6.45, 7) is 0.560. The molecule has 1 fully saturated rings. The Hall–Kier alpha value is -2.37. The average molecular weight is 271 g/mol. The van der Waals surface area contributed by atoms with E-state index in [0.717, 1.165) is 29.9 Å². The van der Waals surface area contributed by atoms with Crippen molar-refractivity contribution in [3.8, 4) is 0 Å². The van der Waals surface area contributed by atoms with Crippen LogP contribution in [0.15, 0.2) is 30.6 Å². The molecule has 3 rings (SSSR count). The summed E-state index contributed by atoms with van der Waals surface area (Å²) in [5, 5.41) is 9.53. The molecule has 0 radical (unpaired) electrons. The topological polar surface area (TPSA) is 96.7 Å². The Morgan fingerprint density at radius 2 is 2.10 bits per heavy atom. The molecule has 0 aliphatic heterocycles. The van der Waals surface area contributed by atoms with Crippen molar-refractivity contribution in [3.63, 3.8) is 0 Å². The molecule has 1 saturated carbocycles. The lowest BCUT2D eigenvalue weighted by atomic mass is 9.95. The maximum atomic E-state index is 12.4. The van der Waals surface area contributed by atoms with Crippen LogP contribution in [0.4, 0.5) is 5.69 Å². The van der Waals surface area contributed by atoms with Crippen LogP contribution in [0.2, 0.25) is 0 Å². The fourth-order valence-electron chi connectivity index (χ4n) is 2.39. The van der Waals surface area contributed by atoms with Crippen LogP contribution in [-0.4, -0.2) is 27.6 Å². The molecule has 1 aliphatic carbocycles. The summed E-state index contributed by atoms with van der Waals surface area (Å²) in [4.78, 5) is 16.4. The highest BCUT2D eigenvalue weighted by atomic mass is 16.2. The van der Waals surface area contributed by atoms with Crippen molar-refractivity contribution < 1.29 is 4.79 Å². The summed E-state index contributed by atoms with van der Waals surface area (Å²) < 4.78 is 0. The molecule has 104 valence electrons. The molecule has 20 heavy (non-hydrogen) atoms. The number of benzene rings is 1. The minimum atomic E-state index is -0.352. The van der Waals surface area contributed by atoms with Crippen LogP contribution in [0.3, 0.4) is 0 Å². The first-order valence-corrected chi connectivity index (χ1v) is 6.69. The fourth-order valence-corrected chi connectivity index (χ4v) is 2.39. The summed E-state index contributed by atoms with van der Waals surface area (Å²) in [5.74, 6) is 0.865. The van der Waals surface area contributed by atoms with Crippen molar-refractivity contribution in [2.75, 3.05) is 12.3 Å². The summed E-state index contributed by atoms with van der Waals surface area (Å²) in [7, 11) is 0. The summed E-state index contributed by atoms with van der Waals surface area (Å²) in [6, 6.07) is 7.57. The van der Waals surface area contributed by atoms with Crippen LogP contribution < -0.4 is 11.1 Å². The van der Waals surface area contributed by atoms with Crippen LogP contribution in [-0.2, 0) is 16.6 Å². The third-order valence-corrected chi connectivity index (χ3v) is 3.76. The first-order chi connectivity index (χ1) is 9.71. The van der Waals surface area contributed by atoms with Crippen LogP contribution >= 0.6 is 0 Å². The fraction of sp³-hybridized carbons (Fsp3) is 0.357. The van der Waals surface area contributed by atoms with Gasteiger partial charge in [0.05, 0.1) is 5.41 Å². The van der Waals surface area contributed by atoms with E-state index in [2.05, 4.69) is 20.5 Å². The Bertz CT molecular complexity index is 587. The predicted octanol–water partition coefficient (Wildman–Crippen LogP) is 0.777. The summed E-state index contributed by atoms with van der Waals surface area (Å²) in [5.41, 5.74) is 7.10. The number of hydrogen-bond acceptors (Lipinski definition) is 4. The molecule has 1 aromatic carbocycles. The van der Waals surface area contributed by atoms with Crippen LogP contribution in [0.1, 0.15) is 24.2 Å². The van der Waals surface area contributed by atoms with Gasteiger partial charge in [-0.15, -0.1) is 0 Å². The van der Waals surface area contributed by atoms with Crippen LogP contribution in [0, 0.1) is 0 Å². The van der Waals surface area contributed by atoms with Gasteiger partial charge >= 0.3 is 0 Å². The highest BCUT2D eigenvalue weighted by Gasteiger charge is 2.50. The zero-order chi connectivity index (χ0) is 14.0. The molecule has 1 amide bonds. The zero-order valence-electron chi connectivity index (χ0n) is 11.1. The van der Waals surface area contributed by atoms with Crippen molar-refractivity contribution in [3.05, 3.63) is 42.0 Å².